The molecular weight excluding hydrogens is 258 g/mol. The highest BCUT2D eigenvalue weighted by atomic mass is 16.5. The maximum absolute atomic E-state index is 11.2. The van der Waals surface area contributed by atoms with Crippen molar-refractivity contribution in [1.29, 1.82) is 0 Å². The van der Waals surface area contributed by atoms with Gasteiger partial charge in [-0.3, -0.25) is 4.79 Å². The van der Waals surface area contributed by atoms with Crippen LogP contribution in [0.2, 0.25) is 0 Å². The quantitative estimate of drug-likeness (QED) is 0.677. The van der Waals surface area contributed by atoms with E-state index >= 15 is 0 Å². The van der Waals surface area contributed by atoms with E-state index in [1.54, 1.807) is 31.4 Å². The Hall–Kier alpha value is -1.59. The van der Waals surface area contributed by atoms with Crippen molar-refractivity contribution in [3.63, 3.8) is 0 Å². The van der Waals surface area contributed by atoms with Crippen molar-refractivity contribution in [3.8, 4) is 5.75 Å². The Morgan fingerprint density at radius 3 is 2.70 bits per heavy atom. The van der Waals surface area contributed by atoms with Gasteiger partial charge in [0.2, 0.25) is 0 Å². The number of aliphatic hydroxyl groups excluding tert-OH is 1. The molecule has 3 unspecified atom stereocenters. The van der Waals surface area contributed by atoms with Crippen LogP contribution >= 0.6 is 0 Å². The van der Waals surface area contributed by atoms with E-state index in [4.69, 9.17) is 4.74 Å². The van der Waals surface area contributed by atoms with Crippen LogP contribution in [0.5, 0.6) is 5.75 Å². The highest BCUT2D eigenvalue weighted by Gasteiger charge is 2.23. The summed E-state index contributed by atoms with van der Waals surface area (Å²) in [4.78, 5) is 11.2. The fourth-order valence-electron chi connectivity index (χ4n) is 1.97. The largest absolute Gasteiger partial charge is 0.497 e. The molecule has 3 atom stereocenters. The summed E-state index contributed by atoms with van der Waals surface area (Å²) in [6.07, 6.45) is -0.00447. The summed E-state index contributed by atoms with van der Waals surface area (Å²) in [7, 11) is 1.56. The molecule has 0 amide bonds. The summed E-state index contributed by atoms with van der Waals surface area (Å²) >= 11 is 0. The van der Waals surface area contributed by atoms with Gasteiger partial charge in [-0.2, -0.15) is 0 Å². The number of nitrogens with one attached hydrogen (secondary N) is 1. The zero-order valence-electron chi connectivity index (χ0n) is 12.2. The molecule has 0 aliphatic heterocycles. The molecule has 0 heterocycles. The molecule has 0 aromatic heterocycles. The number of carboxylic acid groups (broad SMARTS) is 1. The van der Waals surface area contributed by atoms with E-state index < -0.39 is 18.1 Å². The molecule has 0 saturated heterocycles. The number of hydrogen-bond donors (Lipinski definition) is 3. The lowest BCUT2D eigenvalue weighted by molar-refractivity contribution is -0.141. The van der Waals surface area contributed by atoms with Crippen molar-refractivity contribution in [2.45, 2.75) is 32.4 Å². The first-order chi connectivity index (χ1) is 9.49. The molecule has 0 fully saturated rings. The van der Waals surface area contributed by atoms with E-state index in [1.165, 1.54) is 0 Å². The van der Waals surface area contributed by atoms with E-state index in [9.17, 15) is 15.0 Å². The van der Waals surface area contributed by atoms with Crippen LogP contribution in [0.4, 0.5) is 0 Å². The lowest BCUT2D eigenvalue weighted by Crippen LogP contribution is -2.43. The van der Waals surface area contributed by atoms with E-state index in [0.717, 1.165) is 6.42 Å². The zero-order chi connectivity index (χ0) is 15.1. The number of carboxylic acids is 1. The molecule has 112 valence electrons. The first-order valence-corrected chi connectivity index (χ1v) is 6.77. The second-order valence-electron chi connectivity index (χ2n) is 4.90. The summed E-state index contributed by atoms with van der Waals surface area (Å²) < 4.78 is 5.10. The Morgan fingerprint density at radius 1 is 1.45 bits per heavy atom. The van der Waals surface area contributed by atoms with E-state index in [-0.39, 0.29) is 12.5 Å². The van der Waals surface area contributed by atoms with E-state index in [1.807, 2.05) is 13.8 Å². The lowest BCUT2D eigenvalue weighted by Gasteiger charge is -2.22. The first-order valence-electron chi connectivity index (χ1n) is 6.77. The van der Waals surface area contributed by atoms with Crippen LogP contribution in [0.1, 0.15) is 31.9 Å². The van der Waals surface area contributed by atoms with Crippen molar-refractivity contribution >= 4 is 5.97 Å². The van der Waals surface area contributed by atoms with Gasteiger partial charge in [0.1, 0.15) is 11.8 Å². The molecule has 1 aromatic rings. The van der Waals surface area contributed by atoms with Crippen molar-refractivity contribution < 1.29 is 19.7 Å². The number of rotatable bonds is 8. The second kappa shape index (κ2) is 7.87. The number of methoxy groups -OCH3 is 1. The molecule has 0 aliphatic rings. The number of carbonyl (C=O) groups is 1. The fourth-order valence-corrected chi connectivity index (χ4v) is 1.97. The summed E-state index contributed by atoms with van der Waals surface area (Å²) in [6.45, 7) is 4.01. The summed E-state index contributed by atoms with van der Waals surface area (Å²) in [5.41, 5.74) is 0.699. The van der Waals surface area contributed by atoms with Gasteiger partial charge < -0.3 is 20.3 Å². The van der Waals surface area contributed by atoms with Gasteiger partial charge in [0.15, 0.2) is 0 Å². The van der Waals surface area contributed by atoms with Gasteiger partial charge >= 0.3 is 5.97 Å². The number of ether oxygens (including phenoxy) is 1. The maximum atomic E-state index is 11.2. The normalized spacial score (nSPS) is 15.4. The third kappa shape index (κ3) is 4.51. The minimum atomic E-state index is -0.891. The predicted octanol–water partition coefficient (Wildman–Crippen LogP) is 1.82. The van der Waals surface area contributed by atoms with E-state index in [0.29, 0.717) is 11.3 Å². The Labute approximate surface area is 119 Å². The molecule has 5 heteroatoms. The molecule has 3 N–H and O–H groups in total. The van der Waals surface area contributed by atoms with Crippen LogP contribution < -0.4 is 10.1 Å². The van der Waals surface area contributed by atoms with Gasteiger partial charge in [0.25, 0.3) is 0 Å². The third-order valence-corrected chi connectivity index (χ3v) is 3.49. The molecule has 5 nitrogen and oxygen atoms in total. The summed E-state index contributed by atoms with van der Waals surface area (Å²) in [5.74, 6) is -0.222. The summed E-state index contributed by atoms with van der Waals surface area (Å²) in [5, 5.41) is 22.2. The Kier molecular flexibility index (Phi) is 6.48. The number of aliphatic carboxylic acids is 1. The highest BCUT2D eigenvalue weighted by Crippen LogP contribution is 2.19. The van der Waals surface area contributed by atoms with Gasteiger partial charge in [0.05, 0.1) is 13.2 Å². The molecule has 1 rings (SSSR count). The van der Waals surface area contributed by atoms with Crippen LogP contribution in [0, 0.1) is 5.92 Å². The lowest BCUT2D eigenvalue weighted by atomic mass is 9.99. The smallest absolute Gasteiger partial charge is 0.320 e. The maximum Gasteiger partial charge on any atom is 0.320 e. The molecular formula is C15H23NO4. The third-order valence-electron chi connectivity index (χ3n) is 3.49. The monoisotopic (exact) mass is 281 g/mol. The predicted molar refractivity (Wildman–Crippen MR) is 76.8 cm³/mol. The zero-order valence-corrected chi connectivity index (χ0v) is 12.2. The molecule has 0 bridgehead atoms. The average Bonchev–Trinajstić information content (AvgIpc) is 2.46. The number of hydrogen-bond acceptors (Lipinski definition) is 4. The van der Waals surface area contributed by atoms with Crippen LogP contribution in [-0.2, 0) is 4.79 Å². The molecule has 0 radical (unpaired) electrons. The van der Waals surface area contributed by atoms with Gasteiger partial charge in [0, 0.05) is 6.54 Å². The van der Waals surface area contributed by atoms with E-state index in [2.05, 4.69) is 5.32 Å². The minimum absolute atomic E-state index is 0.00464. The van der Waals surface area contributed by atoms with Crippen LogP contribution in [0.3, 0.4) is 0 Å². The topological polar surface area (TPSA) is 78.8 Å². The highest BCUT2D eigenvalue weighted by molar-refractivity contribution is 5.73. The molecule has 20 heavy (non-hydrogen) atoms. The average molecular weight is 281 g/mol. The van der Waals surface area contributed by atoms with Crippen LogP contribution in [0.25, 0.3) is 0 Å². The SMILES string of the molecule is CCC(C)C(NCC(O)c1cccc(OC)c1)C(=O)O. The second-order valence-corrected chi connectivity index (χ2v) is 4.90. The van der Waals surface area contributed by atoms with Crippen molar-refractivity contribution in [3.05, 3.63) is 29.8 Å². The van der Waals surface area contributed by atoms with Gasteiger partial charge in [-0.1, -0.05) is 32.4 Å². The summed E-state index contributed by atoms with van der Waals surface area (Å²) in [6, 6.07) is 6.46. The Morgan fingerprint density at radius 2 is 2.15 bits per heavy atom. The first kappa shape index (κ1) is 16.5. The number of aliphatic hydroxyl groups is 1. The van der Waals surface area contributed by atoms with Crippen LogP contribution in [-0.4, -0.2) is 35.9 Å². The Balaban J connectivity index is 2.65. The Bertz CT molecular complexity index is 436. The fraction of sp³-hybridized carbons (Fsp3) is 0.533. The van der Waals surface area contributed by atoms with Crippen LogP contribution in [0.15, 0.2) is 24.3 Å². The van der Waals surface area contributed by atoms with Gasteiger partial charge in [-0.25, -0.2) is 0 Å². The van der Waals surface area contributed by atoms with Crippen molar-refractivity contribution in [1.82, 2.24) is 5.32 Å². The van der Waals surface area contributed by atoms with Crippen molar-refractivity contribution in [2.24, 2.45) is 5.92 Å². The minimum Gasteiger partial charge on any atom is -0.497 e. The van der Waals surface area contributed by atoms with Gasteiger partial charge in [-0.15, -0.1) is 0 Å². The van der Waals surface area contributed by atoms with Crippen molar-refractivity contribution in [2.75, 3.05) is 13.7 Å². The number of benzene rings is 1. The molecule has 0 spiro atoms. The standard InChI is InChI=1S/C15H23NO4/c1-4-10(2)14(15(18)19)16-9-13(17)11-6-5-7-12(8-11)20-3/h5-8,10,13-14,16-17H,4,9H2,1-3H3,(H,18,19). The van der Waals surface area contributed by atoms with Gasteiger partial charge in [-0.05, 0) is 23.6 Å². The molecule has 0 saturated carbocycles. The molecule has 0 aliphatic carbocycles. The molecule has 1 aromatic carbocycles.